The predicted octanol–water partition coefficient (Wildman–Crippen LogP) is 4.19. The fraction of sp³-hybridized carbons (Fsp3) is 0.308. The lowest BCUT2D eigenvalue weighted by Gasteiger charge is -2.35. The number of nitrogens with zero attached hydrogens (tertiary/aromatic N) is 6. The van der Waals surface area contributed by atoms with Crippen LogP contribution in [0.15, 0.2) is 48.5 Å². The molecular weight excluding hydrogens is 464 g/mol. The number of carbonyl (C=O) groups is 1. The maximum atomic E-state index is 13.0. The van der Waals surface area contributed by atoms with Crippen molar-refractivity contribution >= 4 is 34.4 Å². The first-order valence-corrected chi connectivity index (χ1v) is 11.9. The first kappa shape index (κ1) is 23.3. The Kier molecular flexibility index (Phi) is 6.40. The van der Waals surface area contributed by atoms with Gasteiger partial charge in [0.05, 0.1) is 21.8 Å². The molecule has 1 amide bonds. The zero-order chi connectivity index (χ0) is 24.5. The molecule has 0 atom stereocenters. The van der Waals surface area contributed by atoms with Gasteiger partial charge in [-0.05, 0) is 38.1 Å². The Balaban J connectivity index is 1.48. The van der Waals surface area contributed by atoms with E-state index >= 15 is 0 Å². The third kappa shape index (κ3) is 4.47. The molecule has 2 aromatic carbocycles. The molecule has 0 bridgehead atoms. The monoisotopic (exact) mass is 490 g/mol. The average molecular weight is 491 g/mol. The van der Waals surface area contributed by atoms with Crippen molar-refractivity contribution in [2.45, 2.75) is 20.5 Å². The fourth-order valence-electron chi connectivity index (χ4n) is 4.42. The standard InChI is InChI=1S/C26H27ClN6O2/c1-17-8-10-19(11-9-17)26(34)32-14-12-31(13-15-32)24-23-18(2)30-33(21-7-5-4-6-20(21)27)25(23)29-22(28-24)16-35-3/h4-11H,12-16H2,1-3H3. The molecule has 2 aromatic heterocycles. The van der Waals surface area contributed by atoms with E-state index in [2.05, 4.69) is 4.90 Å². The molecule has 0 unspecified atom stereocenters. The van der Waals surface area contributed by atoms with Gasteiger partial charge in [0, 0.05) is 38.9 Å². The Hall–Kier alpha value is -3.49. The van der Waals surface area contributed by atoms with E-state index in [1.807, 2.05) is 67.3 Å². The smallest absolute Gasteiger partial charge is 0.253 e. The van der Waals surface area contributed by atoms with Crippen LogP contribution < -0.4 is 4.90 Å². The highest BCUT2D eigenvalue weighted by atomic mass is 35.5. The van der Waals surface area contributed by atoms with Crippen molar-refractivity contribution in [3.05, 3.63) is 76.2 Å². The van der Waals surface area contributed by atoms with E-state index < -0.39 is 0 Å². The largest absolute Gasteiger partial charge is 0.377 e. The van der Waals surface area contributed by atoms with Gasteiger partial charge in [0.2, 0.25) is 0 Å². The van der Waals surface area contributed by atoms with Crippen LogP contribution in [-0.4, -0.2) is 63.8 Å². The van der Waals surface area contributed by atoms with Gasteiger partial charge in [-0.1, -0.05) is 41.4 Å². The number of piperazine rings is 1. The highest BCUT2D eigenvalue weighted by molar-refractivity contribution is 6.32. The van der Waals surface area contributed by atoms with Crippen molar-refractivity contribution in [1.29, 1.82) is 0 Å². The molecule has 1 aliphatic rings. The molecular formula is C26H27ClN6O2. The first-order chi connectivity index (χ1) is 17.0. The van der Waals surface area contributed by atoms with Crippen LogP contribution in [0.4, 0.5) is 5.82 Å². The third-order valence-electron chi connectivity index (χ3n) is 6.25. The molecule has 180 valence electrons. The van der Waals surface area contributed by atoms with Gasteiger partial charge in [0.25, 0.3) is 5.91 Å². The second-order valence-corrected chi connectivity index (χ2v) is 9.10. The zero-order valence-electron chi connectivity index (χ0n) is 20.0. The van der Waals surface area contributed by atoms with Gasteiger partial charge >= 0.3 is 0 Å². The van der Waals surface area contributed by atoms with E-state index in [0.29, 0.717) is 48.2 Å². The number of fused-ring (bicyclic) bond motifs is 1. The normalized spacial score (nSPS) is 14.1. The summed E-state index contributed by atoms with van der Waals surface area (Å²) in [5.41, 5.74) is 4.11. The Morgan fingerprint density at radius 2 is 1.71 bits per heavy atom. The number of hydrogen-bond acceptors (Lipinski definition) is 6. The summed E-state index contributed by atoms with van der Waals surface area (Å²) in [4.78, 5) is 26.7. The van der Waals surface area contributed by atoms with Crippen LogP contribution in [0.25, 0.3) is 16.7 Å². The molecule has 0 aliphatic carbocycles. The molecule has 35 heavy (non-hydrogen) atoms. The number of aryl methyl sites for hydroxylation is 2. The van der Waals surface area contributed by atoms with Crippen molar-refractivity contribution < 1.29 is 9.53 Å². The minimum Gasteiger partial charge on any atom is -0.377 e. The van der Waals surface area contributed by atoms with Crippen LogP contribution in [0.5, 0.6) is 0 Å². The van der Waals surface area contributed by atoms with Crippen LogP contribution in [0.2, 0.25) is 5.02 Å². The summed E-state index contributed by atoms with van der Waals surface area (Å²) in [6.45, 7) is 6.78. The van der Waals surface area contributed by atoms with E-state index in [0.717, 1.165) is 28.1 Å². The quantitative estimate of drug-likeness (QED) is 0.417. The molecule has 1 aliphatic heterocycles. The Bertz CT molecular complexity index is 1380. The Morgan fingerprint density at radius 3 is 2.40 bits per heavy atom. The van der Waals surface area contributed by atoms with Crippen molar-refractivity contribution in [1.82, 2.24) is 24.6 Å². The highest BCUT2D eigenvalue weighted by Crippen LogP contribution is 2.31. The maximum absolute atomic E-state index is 13.0. The molecule has 0 spiro atoms. The molecule has 4 aromatic rings. The van der Waals surface area contributed by atoms with Gasteiger partial charge < -0.3 is 14.5 Å². The summed E-state index contributed by atoms with van der Waals surface area (Å²) >= 11 is 6.49. The maximum Gasteiger partial charge on any atom is 0.253 e. The molecule has 1 fully saturated rings. The van der Waals surface area contributed by atoms with Crippen LogP contribution >= 0.6 is 11.6 Å². The number of ether oxygens (including phenoxy) is 1. The van der Waals surface area contributed by atoms with E-state index in [-0.39, 0.29) is 12.5 Å². The third-order valence-corrected chi connectivity index (χ3v) is 6.57. The number of halogens is 1. The van der Waals surface area contributed by atoms with E-state index in [1.54, 1.807) is 11.8 Å². The summed E-state index contributed by atoms with van der Waals surface area (Å²) in [6, 6.07) is 15.3. The van der Waals surface area contributed by atoms with Crippen LogP contribution in [0, 0.1) is 13.8 Å². The fourth-order valence-corrected chi connectivity index (χ4v) is 4.64. The number of aromatic nitrogens is 4. The zero-order valence-corrected chi connectivity index (χ0v) is 20.8. The lowest BCUT2D eigenvalue weighted by molar-refractivity contribution is 0.0746. The predicted molar refractivity (Wildman–Crippen MR) is 136 cm³/mol. The number of anilines is 1. The average Bonchev–Trinajstić information content (AvgIpc) is 3.20. The van der Waals surface area contributed by atoms with Crippen molar-refractivity contribution in [3.63, 3.8) is 0 Å². The van der Waals surface area contributed by atoms with Crippen molar-refractivity contribution in [3.8, 4) is 5.69 Å². The van der Waals surface area contributed by atoms with Gasteiger partial charge in [-0.15, -0.1) is 0 Å². The number of benzene rings is 2. The molecule has 9 heteroatoms. The molecule has 8 nitrogen and oxygen atoms in total. The van der Waals surface area contributed by atoms with Crippen LogP contribution in [0.1, 0.15) is 27.4 Å². The molecule has 3 heterocycles. The molecule has 0 saturated carbocycles. The number of para-hydroxylation sites is 1. The topological polar surface area (TPSA) is 76.4 Å². The van der Waals surface area contributed by atoms with Crippen molar-refractivity contribution in [2.75, 3.05) is 38.2 Å². The molecule has 1 saturated heterocycles. The van der Waals surface area contributed by atoms with Crippen LogP contribution in [-0.2, 0) is 11.3 Å². The van der Waals surface area contributed by atoms with Gasteiger partial charge in [-0.3, -0.25) is 4.79 Å². The summed E-state index contributed by atoms with van der Waals surface area (Å²) in [5.74, 6) is 1.43. The lowest BCUT2D eigenvalue weighted by atomic mass is 10.1. The Morgan fingerprint density at radius 1 is 1.00 bits per heavy atom. The van der Waals surface area contributed by atoms with E-state index in [4.69, 9.17) is 31.4 Å². The second-order valence-electron chi connectivity index (χ2n) is 8.69. The summed E-state index contributed by atoms with van der Waals surface area (Å²) in [7, 11) is 1.62. The summed E-state index contributed by atoms with van der Waals surface area (Å²) < 4.78 is 7.12. The van der Waals surface area contributed by atoms with Gasteiger partial charge in [-0.2, -0.15) is 5.10 Å². The van der Waals surface area contributed by atoms with Gasteiger partial charge in [0.1, 0.15) is 12.4 Å². The number of amides is 1. The van der Waals surface area contributed by atoms with Gasteiger partial charge in [-0.25, -0.2) is 14.6 Å². The molecule has 0 N–H and O–H groups in total. The number of carbonyl (C=O) groups excluding carboxylic acids is 1. The number of rotatable bonds is 5. The Labute approximate surface area is 209 Å². The minimum absolute atomic E-state index is 0.0558. The SMILES string of the molecule is COCc1nc(N2CCN(C(=O)c3ccc(C)cc3)CC2)c2c(C)nn(-c3ccccc3Cl)c2n1. The minimum atomic E-state index is 0.0558. The summed E-state index contributed by atoms with van der Waals surface area (Å²) in [5, 5.41) is 6.23. The summed E-state index contributed by atoms with van der Waals surface area (Å²) in [6.07, 6.45) is 0. The molecule has 5 rings (SSSR count). The molecule has 0 radical (unpaired) electrons. The first-order valence-electron chi connectivity index (χ1n) is 11.6. The van der Waals surface area contributed by atoms with E-state index in [1.165, 1.54) is 0 Å². The van der Waals surface area contributed by atoms with Crippen LogP contribution in [0.3, 0.4) is 0 Å². The van der Waals surface area contributed by atoms with Gasteiger partial charge in [0.15, 0.2) is 11.5 Å². The second kappa shape index (κ2) is 9.64. The lowest BCUT2D eigenvalue weighted by Crippen LogP contribution is -2.49. The highest BCUT2D eigenvalue weighted by Gasteiger charge is 2.27. The number of hydrogen-bond donors (Lipinski definition) is 0. The van der Waals surface area contributed by atoms with E-state index in [9.17, 15) is 4.79 Å². The van der Waals surface area contributed by atoms with Crippen molar-refractivity contribution in [2.24, 2.45) is 0 Å². The number of methoxy groups -OCH3 is 1.